The van der Waals surface area contributed by atoms with Crippen LogP contribution in [0.5, 0.6) is 0 Å². The molecular weight excluding hydrogens is 336 g/mol. The Morgan fingerprint density at radius 2 is 1.96 bits per heavy atom. The zero-order chi connectivity index (χ0) is 18.9. The number of piperidine rings is 1. The van der Waals surface area contributed by atoms with Gasteiger partial charge in [0.05, 0.1) is 5.92 Å². The SMILES string of the molecule is CCCC1NNCC1C(=O)N1CCC2(CC1)CC(c1ccccc1)CN2C. The van der Waals surface area contributed by atoms with Gasteiger partial charge in [0.2, 0.25) is 5.91 Å². The van der Waals surface area contributed by atoms with E-state index in [2.05, 4.69) is 65.0 Å². The van der Waals surface area contributed by atoms with Crippen molar-refractivity contribution in [2.45, 2.75) is 56.5 Å². The zero-order valence-corrected chi connectivity index (χ0v) is 16.8. The summed E-state index contributed by atoms with van der Waals surface area (Å²) in [6.45, 7) is 5.89. The number of hydrazine groups is 1. The van der Waals surface area contributed by atoms with Gasteiger partial charge in [0, 0.05) is 37.8 Å². The highest BCUT2D eigenvalue weighted by Gasteiger charge is 2.47. The highest BCUT2D eigenvalue weighted by molar-refractivity contribution is 5.80. The van der Waals surface area contributed by atoms with Crippen molar-refractivity contribution in [2.24, 2.45) is 5.92 Å². The van der Waals surface area contributed by atoms with Crippen LogP contribution in [0.15, 0.2) is 30.3 Å². The lowest BCUT2D eigenvalue weighted by Gasteiger charge is -2.44. The molecule has 5 heteroatoms. The van der Waals surface area contributed by atoms with Crippen molar-refractivity contribution >= 4 is 5.91 Å². The number of amides is 1. The van der Waals surface area contributed by atoms with Gasteiger partial charge in [-0.15, -0.1) is 0 Å². The monoisotopic (exact) mass is 370 g/mol. The van der Waals surface area contributed by atoms with E-state index in [1.165, 1.54) is 12.0 Å². The first-order valence-electron chi connectivity index (χ1n) is 10.7. The number of hydrogen-bond donors (Lipinski definition) is 2. The van der Waals surface area contributed by atoms with E-state index in [0.717, 1.165) is 51.9 Å². The molecule has 3 atom stereocenters. The van der Waals surface area contributed by atoms with Crippen molar-refractivity contribution in [3.63, 3.8) is 0 Å². The van der Waals surface area contributed by atoms with Crippen LogP contribution in [0.25, 0.3) is 0 Å². The van der Waals surface area contributed by atoms with Gasteiger partial charge < -0.3 is 4.90 Å². The minimum Gasteiger partial charge on any atom is -0.342 e. The van der Waals surface area contributed by atoms with E-state index in [9.17, 15) is 4.79 Å². The van der Waals surface area contributed by atoms with Gasteiger partial charge in [0.15, 0.2) is 0 Å². The second-order valence-corrected chi connectivity index (χ2v) is 8.77. The molecule has 3 unspecified atom stereocenters. The minimum atomic E-state index is 0.0948. The Balaban J connectivity index is 1.38. The molecule has 27 heavy (non-hydrogen) atoms. The van der Waals surface area contributed by atoms with E-state index in [1.54, 1.807) is 0 Å². The Kier molecular flexibility index (Phi) is 5.53. The van der Waals surface area contributed by atoms with Gasteiger partial charge in [0.1, 0.15) is 0 Å². The second-order valence-electron chi connectivity index (χ2n) is 8.77. The predicted octanol–water partition coefficient (Wildman–Crippen LogP) is 2.36. The van der Waals surface area contributed by atoms with Gasteiger partial charge >= 0.3 is 0 Å². The van der Waals surface area contributed by atoms with Crippen molar-refractivity contribution in [3.8, 4) is 0 Å². The molecule has 0 bridgehead atoms. The van der Waals surface area contributed by atoms with Crippen LogP contribution in [0.2, 0.25) is 0 Å². The Morgan fingerprint density at radius 1 is 1.22 bits per heavy atom. The van der Waals surface area contributed by atoms with Crippen LogP contribution < -0.4 is 10.9 Å². The number of hydrogen-bond acceptors (Lipinski definition) is 4. The molecule has 2 N–H and O–H groups in total. The first-order valence-corrected chi connectivity index (χ1v) is 10.7. The molecule has 0 saturated carbocycles. The van der Waals surface area contributed by atoms with E-state index in [4.69, 9.17) is 0 Å². The molecule has 3 saturated heterocycles. The van der Waals surface area contributed by atoms with Crippen LogP contribution in [0.4, 0.5) is 0 Å². The largest absolute Gasteiger partial charge is 0.342 e. The number of carbonyl (C=O) groups is 1. The molecule has 5 nitrogen and oxygen atoms in total. The molecular formula is C22H34N4O. The molecule has 3 heterocycles. The fourth-order valence-electron chi connectivity index (χ4n) is 5.50. The van der Waals surface area contributed by atoms with Gasteiger partial charge in [0.25, 0.3) is 0 Å². The van der Waals surface area contributed by atoms with Crippen LogP contribution in [0.1, 0.15) is 50.5 Å². The molecule has 0 radical (unpaired) electrons. The topological polar surface area (TPSA) is 47.6 Å². The number of benzene rings is 1. The Bertz CT molecular complexity index is 641. The molecule has 3 aliphatic heterocycles. The lowest BCUT2D eigenvalue weighted by atomic mass is 9.81. The van der Waals surface area contributed by atoms with Crippen molar-refractivity contribution in [1.82, 2.24) is 20.7 Å². The number of nitrogens with one attached hydrogen (secondary N) is 2. The lowest BCUT2D eigenvalue weighted by molar-refractivity contribution is -0.137. The van der Waals surface area contributed by atoms with Crippen LogP contribution in [-0.2, 0) is 4.79 Å². The summed E-state index contributed by atoms with van der Waals surface area (Å²) in [5.41, 5.74) is 8.24. The maximum absolute atomic E-state index is 13.1. The van der Waals surface area contributed by atoms with Crippen molar-refractivity contribution < 1.29 is 4.79 Å². The average Bonchev–Trinajstić information content (AvgIpc) is 3.28. The first kappa shape index (κ1) is 18.9. The lowest BCUT2D eigenvalue weighted by Crippen LogP contribution is -2.54. The number of rotatable bonds is 4. The summed E-state index contributed by atoms with van der Waals surface area (Å²) in [5, 5.41) is 0. The Labute approximate surface area is 163 Å². The second kappa shape index (κ2) is 7.90. The fourth-order valence-corrected chi connectivity index (χ4v) is 5.50. The molecule has 0 aromatic heterocycles. The Hall–Kier alpha value is -1.43. The van der Waals surface area contributed by atoms with E-state index in [1.807, 2.05) is 0 Å². The molecule has 3 fully saturated rings. The molecule has 1 spiro atoms. The quantitative estimate of drug-likeness (QED) is 0.854. The number of likely N-dealkylation sites (tertiary alicyclic amines) is 2. The Morgan fingerprint density at radius 3 is 2.67 bits per heavy atom. The summed E-state index contributed by atoms with van der Waals surface area (Å²) in [6.07, 6.45) is 5.59. The minimum absolute atomic E-state index is 0.0948. The van der Waals surface area contributed by atoms with E-state index >= 15 is 0 Å². The van der Waals surface area contributed by atoms with Crippen LogP contribution in [0.3, 0.4) is 0 Å². The van der Waals surface area contributed by atoms with Crippen LogP contribution >= 0.6 is 0 Å². The highest BCUT2D eigenvalue weighted by Crippen LogP contribution is 2.44. The molecule has 1 aromatic rings. The van der Waals surface area contributed by atoms with Gasteiger partial charge in [-0.1, -0.05) is 43.7 Å². The molecule has 148 valence electrons. The normalized spacial score (nSPS) is 30.9. The number of nitrogens with zero attached hydrogens (tertiary/aromatic N) is 2. The van der Waals surface area contributed by atoms with Crippen LogP contribution in [0, 0.1) is 5.92 Å². The first-order chi connectivity index (χ1) is 13.1. The summed E-state index contributed by atoms with van der Waals surface area (Å²) < 4.78 is 0. The highest BCUT2D eigenvalue weighted by atomic mass is 16.2. The van der Waals surface area contributed by atoms with E-state index in [-0.39, 0.29) is 17.5 Å². The molecule has 0 aliphatic carbocycles. The molecule has 4 rings (SSSR count). The number of carbonyl (C=O) groups excluding carboxylic acids is 1. The zero-order valence-electron chi connectivity index (χ0n) is 16.8. The summed E-state index contributed by atoms with van der Waals surface area (Å²) in [5.74, 6) is 1.06. The van der Waals surface area contributed by atoms with E-state index < -0.39 is 0 Å². The number of likely N-dealkylation sites (N-methyl/N-ethyl adjacent to an activating group) is 1. The fraction of sp³-hybridized carbons (Fsp3) is 0.682. The average molecular weight is 371 g/mol. The third kappa shape index (κ3) is 3.65. The van der Waals surface area contributed by atoms with Crippen LogP contribution in [-0.4, -0.2) is 60.5 Å². The molecule has 1 aromatic carbocycles. The van der Waals surface area contributed by atoms with Crippen molar-refractivity contribution in [3.05, 3.63) is 35.9 Å². The summed E-state index contributed by atoms with van der Waals surface area (Å²) in [4.78, 5) is 17.8. The third-order valence-electron chi connectivity index (χ3n) is 7.22. The van der Waals surface area contributed by atoms with Gasteiger partial charge in [-0.05, 0) is 44.2 Å². The standard InChI is InChI=1S/C22H34N4O/c1-3-7-20-19(15-23-24-20)21(27)26-12-10-22(11-13-26)14-18(16-25(22)2)17-8-5-4-6-9-17/h4-6,8-9,18-20,23-24H,3,7,10-16H2,1-2H3. The molecule has 3 aliphatic rings. The van der Waals surface area contributed by atoms with Crippen molar-refractivity contribution in [1.29, 1.82) is 0 Å². The van der Waals surface area contributed by atoms with Crippen molar-refractivity contribution in [2.75, 3.05) is 33.2 Å². The third-order valence-corrected chi connectivity index (χ3v) is 7.22. The summed E-state index contributed by atoms with van der Waals surface area (Å²) in [7, 11) is 2.28. The smallest absolute Gasteiger partial charge is 0.228 e. The summed E-state index contributed by atoms with van der Waals surface area (Å²) in [6, 6.07) is 11.2. The maximum atomic E-state index is 13.1. The van der Waals surface area contributed by atoms with Gasteiger partial charge in [-0.25, -0.2) is 0 Å². The maximum Gasteiger partial charge on any atom is 0.228 e. The predicted molar refractivity (Wildman–Crippen MR) is 108 cm³/mol. The van der Waals surface area contributed by atoms with Gasteiger partial charge in [-0.2, -0.15) is 0 Å². The summed E-state index contributed by atoms with van der Waals surface area (Å²) >= 11 is 0. The van der Waals surface area contributed by atoms with E-state index in [0.29, 0.717) is 11.8 Å². The molecule has 1 amide bonds. The van der Waals surface area contributed by atoms with Gasteiger partial charge in [-0.3, -0.25) is 20.5 Å².